The van der Waals surface area contributed by atoms with Crippen LogP contribution in [-0.4, -0.2) is 24.0 Å². The van der Waals surface area contributed by atoms with Crippen LogP contribution in [0.3, 0.4) is 0 Å². The molecule has 1 heterocycles. The average Bonchev–Trinajstić information content (AvgIpc) is 2.77. The van der Waals surface area contributed by atoms with E-state index in [1.165, 1.54) is 18.4 Å². The summed E-state index contributed by atoms with van der Waals surface area (Å²) in [6.07, 6.45) is 4.64. The number of pyridine rings is 1. The predicted molar refractivity (Wildman–Crippen MR) is 119 cm³/mol. The molecule has 3 N–H and O–H groups in total. The molecular formula is C25H29N3O. The summed E-state index contributed by atoms with van der Waals surface area (Å²) in [4.78, 5) is 17.9. The zero-order chi connectivity index (χ0) is 20.2. The van der Waals surface area contributed by atoms with E-state index in [0.29, 0.717) is 17.4 Å². The van der Waals surface area contributed by atoms with Gasteiger partial charge < -0.3 is 11.1 Å². The largest absolute Gasteiger partial charge is 0.352 e. The molecule has 1 saturated carbocycles. The molecule has 1 aliphatic rings. The SMILES string of the molecule is Cc1ccc(-c2cc(C(=O)NCC3CCC(CN)CC3)c3ccccc3n2)cc1. The predicted octanol–water partition coefficient (Wildman–Crippen LogP) is 4.71. The monoisotopic (exact) mass is 387 g/mol. The van der Waals surface area contributed by atoms with Crippen LogP contribution in [0.5, 0.6) is 0 Å². The second-order valence-electron chi connectivity index (χ2n) is 8.27. The summed E-state index contributed by atoms with van der Waals surface area (Å²) in [5.41, 5.74) is 10.4. The molecule has 0 atom stereocenters. The van der Waals surface area contributed by atoms with Crippen molar-refractivity contribution in [3.05, 3.63) is 65.7 Å². The molecule has 4 rings (SSSR count). The fourth-order valence-corrected chi connectivity index (χ4v) is 4.24. The smallest absolute Gasteiger partial charge is 0.252 e. The van der Waals surface area contributed by atoms with Crippen molar-refractivity contribution in [3.63, 3.8) is 0 Å². The molecule has 3 aromatic rings. The maximum atomic E-state index is 13.1. The Morgan fingerprint density at radius 3 is 2.45 bits per heavy atom. The van der Waals surface area contributed by atoms with Gasteiger partial charge in [0.05, 0.1) is 16.8 Å². The van der Waals surface area contributed by atoms with Gasteiger partial charge in [0.2, 0.25) is 0 Å². The first kappa shape index (κ1) is 19.6. The third-order valence-electron chi connectivity index (χ3n) is 6.16. The highest BCUT2D eigenvalue weighted by Gasteiger charge is 2.21. The van der Waals surface area contributed by atoms with E-state index >= 15 is 0 Å². The minimum Gasteiger partial charge on any atom is -0.352 e. The number of benzene rings is 2. The zero-order valence-corrected chi connectivity index (χ0v) is 17.0. The van der Waals surface area contributed by atoms with Gasteiger partial charge in [-0.3, -0.25) is 4.79 Å². The summed E-state index contributed by atoms with van der Waals surface area (Å²) < 4.78 is 0. The van der Waals surface area contributed by atoms with Gasteiger partial charge in [0, 0.05) is 17.5 Å². The second-order valence-corrected chi connectivity index (χ2v) is 8.27. The van der Waals surface area contributed by atoms with E-state index in [2.05, 4.69) is 36.5 Å². The number of nitrogens with zero attached hydrogens (tertiary/aromatic N) is 1. The van der Waals surface area contributed by atoms with Gasteiger partial charge >= 0.3 is 0 Å². The van der Waals surface area contributed by atoms with Gasteiger partial charge in [0.15, 0.2) is 0 Å². The Morgan fingerprint density at radius 2 is 1.72 bits per heavy atom. The van der Waals surface area contributed by atoms with E-state index in [0.717, 1.165) is 48.1 Å². The number of hydrogen-bond acceptors (Lipinski definition) is 3. The van der Waals surface area contributed by atoms with Gasteiger partial charge in [-0.25, -0.2) is 4.98 Å². The first-order valence-corrected chi connectivity index (χ1v) is 10.6. The Labute approximate surface area is 172 Å². The number of hydrogen-bond donors (Lipinski definition) is 2. The highest BCUT2D eigenvalue weighted by atomic mass is 16.1. The molecular weight excluding hydrogens is 358 g/mol. The zero-order valence-electron chi connectivity index (χ0n) is 17.0. The Bertz CT molecular complexity index is 989. The van der Waals surface area contributed by atoms with Crippen LogP contribution in [-0.2, 0) is 0 Å². The lowest BCUT2D eigenvalue weighted by Gasteiger charge is -2.27. The van der Waals surface area contributed by atoms with Crippen molar-refractivity contribution in [1.82, 2.24) is 10.3 Å². The first-order chi connectivity index (χ1) is 14.1. The fourth-order valence-electron chi connectivity index (χ4n) is 4.24. The molecule has 0 spiro atoms. The number of amides is 1. The van der Waals surface area contributed by atoms with Crippen molar-refractivity contribution in [1.29, 1.82) is 0 Å². The summed E-state index contributed by atoms with van der Waals surface area (Å²) in [7, 11) is 0. The molecule has 4 heteroatoms. The molecule has 1 fully saturated rings. The Morgan fingerprint density at radius 1 is 1.03 bits per heavy atom. The number of carbonyl (C=O) groups excluding carboxylic acids is 1. The van der Waals surface area contributed by atoms with Crippen molar-refractivity contribution in [2.45, 2.75) is 32.6 Å². The first-order valence-electron chi connectivity index (χ1n) is 10.6. The maximum absolute atomic E-state index is 13.1. The number of fused-ring (bicyclic) bond motifs is 1. The standard InChI is InChI=1S/C25H29N3O/c1-17-6-12-20(13-7-17)24-14-22(21-4-2-3-5-23(21)28-24)25(29)27-16-19-10-8-18(15-26)9-11-19/h2-7,12-14,18-19H,8-11,15-16,26H2,1H3,(H,27,29). The highest BCUT2D eigenvalue weighted by molar-refractivity contribution is 6.07. The molecule has 0 aliphatic heterocycles. The molecule has 1 aromatic heterocycles. The number of nitrogens with one attached hydrogen (secondary N) is 1. The van der Waals surface area contributed by atoms with E-state index in [9.17, 15) is 4.79 Å². The van der Waals surface area contributed by atoms with Gasteiger partial charge in [0.1, 0.15) is 0 Å². The Balaban J connectivity index is 1.57. The van der Waals surface area contributed by atoms with Crippen LogP contribution >= 0.6 is 0 Å². The Hall–Kier alpha value is -2.72. The number of aryl methyl sites for hydroxylation is 1. The van der Waals surface area contributed by atoms with E-state index < -0.39 is 0 Å². The van der Waals surface area contributed by atoms with Gasteiger partial charge in [0.25, 0.3) is 5.91 Å². The third-order valence-corrected chi connectivity index (χ3v) is 6.16. The number of aromatic nitrogens is 1. The summed E-state index contributed by atoms with van der Waals surface area (Å²) >= 11 is 0. The second kappa shape index (κ2) is 8.75. The van der Waals surface area contributed by atoms with Crippen LogP contribution in [0.15, 0.2) is 54.6 Å². The molecule has 0 bridgehead atoms. The molecule has 0 saturated heterocycles. The summed E-state index contributed by atoms with van der Waals surface area (Å²) in [5, 5.41) is 4.08. The van der Waals surface area contributed by atoms with Crippen molar-refractivity contribution >= 4 is 16.8 Å². The van der Waals surface area contributed by atoms with Crippen LogP contribution in [0, 0.1) is 18.8 Å². The normalized spacial score (nSPS) is 19.2. The van der Waals surface area contributed by atoms with Crippen LogP contribution < -0.4 is 11.1 Å². The number of rotatable bonds is 5. The van der Waals surface area contributed by atoms with Gasteiger partial charge in [-0.15, -0.1) is 0 Å². The van der Waals surface area contributed by atoms with Crippen LogP contribution in [0.2, 0.25) is 0 Å². The molecule has 2 aromatic carbocycles. The van der Waals surface area contributed by atoms with Crippen LogP contribution in [0.1, 0.15) is 41.6 Å². The minimum atomic E-state index is -0.0158. The minimum absolute atomic E-state index is 0.0158. The van der Waals surface area contributed by atoms with E-state index in [1.54, 1.807) is 0 Å². The van der Waals surface area contributed by atoms with Gasteiger partial charge in [-0.05, 0) is 63.1 Å². The summed E-state index contributed by atoms with van der Waals surface area (Å²) in [5.74, 6) is 1.19. The molecule has 1 aliphatic carbocycles. The van der Waals surface area contributed by atoms with Crippen molar-refractivity contribution < 1.29 is 4.79 Å². The fraction of sp³-hybridized carbons (Fsp3) is 0.360. The van der Waals surface area contributed by atoms with Crippen LogP contribution in [0.25, 0.3) is 22.2 Å². The van der Waals surface area contributed by atoms with E-state index in [4.69, 9.17) is 10.7 Å². The van der Waals surface area contributed by atoms with Gasteiger partial charge in [-0.2, -0.15) is 0 Å². The Kier molecular flexibility index (Phi) is 5.91. The maximum Gasteiger partial charge on any atom is 0.252 e. The lowest BCUT2D eigenvalue weighted by atomic mass is 9.82. The lowest BCUT2D eigenvalue weighted by molar-refractivity contribution is 0.0943. The highest BCUT2D eigenvalue weighted by Crippen LogP contribution is 2.28. The molecule has 29 heavy (non-hydrogen) atoms. The summed E-state index contributed by atoms with van der Waals surface area (Å²) in [6.45, 7) is 3.58. The van der Waals surface area contributed by atoms with E-state index in [1.807, 2.05) is 30.3 Å². The third kappa shape index (κ3) is 4.48. The van der Waals surface area contributed by atoms with Crippen molar-refractivity contribution in [2.24, 2.45) is 17.6 Å². The molecule has 0 unspecified atom stereocenters. The van der Waals surface area contributed by atoms with Crippen molar-refractivity contribution in [3.8, 4) is 11.3 Å². The quantitative estimate of drug-likeness (QED) is 0.666. The average molecular weight is 388 g/mol. The molecule has 1 amide bonds. The topological polar surface area (TPSA) is 68.0 Å². The number of nitrogens with two attached hydrogens (primary N) is 1. The lowest BCUT2D eigenvalue weighted by Crippen LogP contribution is -2.32. The van der Waals surface area contributed by atoms with E-state index in [-0.39, 0.29) is 5.91 Å². The number of para-hydroxylation sites is 1. The summed E-state index contributed by atoms with van der Waals surface area (Å²) in [6, 6.07) is 18.1. The van der Waals surface area contributed by atoms with Gasteiger partial charge in [-0.1, -0.05) is 48.0 Å². The van der Waals surface area contributed by atoms with Crippen LogP contribution in [0.4, 0.5) is 0 Å². The molecule has 150 valence electrons. The number of carbonyl (C=O) groups is 1. The molecule has 0 radical (unpaired) electrons. The molecule has 4 nitrogen and oxygen atoms in total. The van der Waals surface area contributed by atoms with Crippen molar-refractivity contribution in [2.75, 3.05) is 13.1 Å².